The van der Waals surface area contributed by atoms with Crippen molar-refractivity contribution in [1.82, 2.24) is 0 Å². The summed E-state index contributed by atoms with van der Waals surface area (Å²) in [6.07, 6.45) is -5.04. The maximum absolute atomic E-state index is 12.0. The second kappa shape index (κ2) is 4.09. The van der Waals surface area contributed by atoms with E-state index in [1.165, 1.54) is 0 Å². The van der Waals surface area contributed by atoms with Crippen LogP contribution in [-0.2, 0) is 0 Å². The van der Waals surface area contributed by atoms with Crippen molar-refractivity contribution >= 4 is 23.3 Å². The molecule has 0 aliphatic rings. The van der Waals surface area contributed by atoms with Gasteiger partial charge in [0.1, 0.15) is 5.56 Å². The number of benzene rings is 1. The Balaban J connectivity index is 3.32. The number of ether oxygens (including phenoxy) is 1. The van der Waals surface area contributed by atoms with Gasteiger partial charge in [-0.25, -0.2) is 4.79 Å². The molecule has 1 aromatic carbocycles. The first kappa shape index (κ1) is 12.4. The molecule has 0 bridgehead atoms. The molecule has 4 nitrogen and oxygen atoms in total. The van der Waals surface area contributed by atoms with E-state index in [4.69, 9.17) is 22.4 Å². The molecule has 0 heterocycles. The third-order valence-electron chi connectivity index (χ3n) is 1.59. The average molecular weight is 256 g/mol. The molecule has 0 saturated heterocycles. The molecule has 0 spiro atoms. The van der Waals surface area contributed by atoms with Gasteiger partial charge in [-0.15, -0.1) is 13.2 Å². The van der Waals surface area contributed by atoms with Crippen LogP contribution in [0.1, 0.15) is 10.4 Å². The number of alkyl halides is 3. The second-order valence-electron chi connectivity index (χ2n) is 2.69. The largest absolute Gasteiger partial charge is 0.573 e. The number of carboxylic acids is 1. The lowest BCUT2D eigenvalue weighted by Gasteiger charge is -2.14. The molecular weight excluding hydrogens is 251 g/mol. The molecule has 0 atom stereocenters. The summed E-state index contributed by atoms with van der Waals surface area (Å²) in [6.45, 7) is 0. The highest BCUT2D eigenvalue weighted by Crippen LogP contribution is 2.36. The fourth-order valence-electron chi connectivity index (χ4n) is 0.970. The summed E-state index contributed by atoms with van der Waals surface area (Å²) in [5, 5.41) is 8.41. The maximum atomic E-state index is 12.0. The zero-order valence-electron chi connectivity index (χ0n) is 7.51. The highest BCUT2D eigenvalue weighted by atomic mass is 35.5. The Labute approximate surface area is 92.4 Å². The predicted octanol–water partition coefficient (Wildman–Crippen LogP) is 2.52. The Morgan fingerprint density at radius 2 is 2.00 bits per heavy atom. The van der Waals surface area contributed by atoms with E-state index < -0.39 is 29.3 Å². The number of nitrogen functional groups attached to an aromatic ring is 1. The van der Waals surface area contributed by atoms with Crippen molar-refractivity contribution in [2.75, 3.05) is 5.73 Å². The number of halogens is 4. The molecule has 88 valence electrons. The van der Waals surface area contributed by atoms with Crippen LogP contribution in [0.25, 0.3) is 0 Å². The van der Waals surface area contributed by atoms with Gasteiger partial charge in [0, 0.05) is 0 Å². The smallest absolute Gasteiger partial charge is 0.478 e. The van der Waals surface area contributed by atoms with E-state index in [0.717, 1.165) is 12.1 Å². The van der Waals surface area contributed by atoms with E-state index in [0.29, 0.717) is 0 Å². The highest BCUT2D eigenvalue weighted by molar-refractivity contribution is 6.33. The third kappa shape index (κ3) is 2.69. The van der Waals surface area contributed by atoms with Crippen LogP contribution in [0, 0.1) is 0 Å². The first-order valence-corrected chi connectivity index (χ1v) is 4.17. The summed E-state index contributed by atoms with van der Waals surface area (Å²) in [5.41, 5.74) is 3.93. The minimum Gasteiger partial charge on any atom is -0.478 e. The Morgan fingerprint density at radius 1 is 1.44 bits per heavy atom. The molecule has 0 saturated carbocycles. The quantitative estimate of drug-likeness (QED) is 0.797. The lowest BCUT2D eigenvalue weighted by Crippen LogP contribution is -2.20. The summed E-state index contributed by atoms with van der Waals surface area (Å²) >= 11 is 5.45. The molecule has 0 aliphatic heterocycles. The number of rotatable bonds is 2. The number of anilines is 1. The number of aromatic carboxylic acids is 1. The summed E-state index contributed by atoms with van der Waals surface area (Å²) in [6, 6.07) is 1.95. The van der Waals surface area contributed by atoms with Gasteiger partial charge in [0.2, 0.25) is 0 Å². The first-order valence-electron chi connectivity index (χ1n) is 3.79. The van der Waals surface area contributed by atoms with Crippen LogP contribution in [0.2, 0.25) is 5.02 Å². The van der Waals surface area contributed by atoms with Gasteiger partial charge in [-0.05, 0) is 12.1 Å². The number of nitrogens with two attached hydrogens (primary N) is 1. The summed E-state index contributed by atoms with van der Waals surface area (Å²) < 4.78 is 39.5. The van der Waals surface area contributed by atoms with Gasteiger partial charge in [0.05, 0.1) is 10.7 Å². The SMILES string of the molecule is Nc1c(Cl)ccc(C(=O)O)c1OC(F)(F)F. The third-order valence-corrected chi connectivity index (χ3v) is 1.92. The van der Waals surface area contributed by atoms with Crippen molar-refractivity contribution in [2.24, 2.45) is 0 Å². The Kier molecular flexibility index (Phi) is 3.18. The van der Waals surface area contributed by atoms with Gasteiger partial charge >= 0.3 is 12.3 Å². The average Bonchev–Trinajstić information content (AvgIpc) is 2.10. The van der Waals surface area contributed by atoms with Crippen LogP contribution in [0.3, 0.4) is 0 Å². The van der Waals surface area contributed by atoms with Gasteiger partial charge in [-0.2, -0.15) is 0 Å². The van der Waals surface area contributed by atoms with Crippen molar-refractivity contribution in [1.29, 1.82) is 0 Å². The summed E-state index contributed by atoms with van der Waals surface area (Å²) in [5.74, 6) is -2.60. The van der Waals surface area contributed by atoms with Gasteiger partial charge in [-0.3, -0.25) is 0 Å². The van der Waals surface area contributed by atoms with E-state index >= 15 is 0 Å². The van der Waals surface area contributed by atoms with E-state index in [9.17, 15) is 18.0 Å². The summed E-state index contributed by atoms with van der Waals surface area (Å²) in [7, 11) is 0. The number of carbonyl (C=O) groups is 1. The van der Waals surface area contributed by atoms with Gasteiger partial charge < -0.3 is 15.6 Å². The molecule has 0 amide bonds. The zero-order valence-corrected chi connectivity index (χ0v) is 8.26. The molecule has 3 N–H and O–H groups in total. The van der Waals surface area contributed by atoms with Crippen LogP contribution >= 0.6 is 11.6 Å². The fraction of sp³-hybridized carbons (Fsp3) is 0.125. The van der Waals surface area contributed by atoms with Crippen molar-refractivity contribution in [3.05, 3.63) is 22.7 Å². The fourth-order valence-corrected chi connectivity index (χ4v) is 1.12. The van der Waals surface area contributed by atoms with E-state index in [1.807, 2.05) is 0 Å². The minimum atomic E-state index is -5.04. The molecule has 1 rings (SSSR count). The van der Waals surface area contributed by atoms with Crippen molar-refractivity contribution in [2.45, 2.75) is 6.36 Å². The molecule has 0 aliphatic carbocycles. The van der Waals surface area contributed by atoms with Crippen LogP contribution in [0.5, 0.6) is 5.75 Å². The molecule has 0 unspecified atom stereocenters. The zero-order chi connectivity index (χ0) is 12.5. The van der Waals surface area contributed by atoms with Crippen LogP contribution in [0.15, 0.2) is 12.1 Å². The van der Waals surface area contributed by atoms with Gasteiger partial charge in [0.15, 0.2) is 5.75 Å². The van der Waals surface area contributed by atoms with Gasteiger partial charge in [-0.1, -0.05) is 11.6 Å². The normalized spacial score (nSPS) is 11.2. The monoisotopic (exact) mass is 255 g/mol. The molecule has 0 fully saturated rings. The lowest BCUT2D eigenvalue weighted by molar-refractivity contribution is -0.274. The highest BCUT2D eigenvalue weighted by Gasteiger charge is 2.34. The molecule has 16 heavy (non-hydrogen) atoms. The first-order chi connectivity index (χ1) is 7.22. The molecular formula is C8H5ClF3NO3. The second-order valence-corrected chi connectivity index (χ2v) is 3.10. The van der Waals surface area contributed by atoms with E-state index in [1.54, 1.807) is 0 Å². The standard InChI is InChI=1S/C8H5ClF3NO3/c9-4-2-1-3(7(14)15)6(5(4)13)16-8(10,11)12/h1-2H,13H2,(H,14,15). The van der Waals surface area contributed by atoms with Crippen molar-refractivity contribution < 1.29 is 27.8 Å². The number of carboxylic acid groups (broad SMARTS) is 1. The number of hydrogen-bond donors (Lipinski definition) is 2. The maximum Gasteiger partial charge on any atom is 0.573 e. The van der Waals surface area contributed by atoms with Gasteiger partial charge in [0.25, 0.3) is 0 Å². The van der Waals surface area contributed by atoms with E-state index in [-0.39, 0.29) is 5.02 Å². The lowest BCUT2D eigenvalue weighted by atomic mass is 10.2. The predicted molar refractivity (Wildman–Crippen MR) is 49.5 cm³/mol. The van der Waals surface area contributed by atoms with E-state index in [2.05, 4.69) is 4.74 Å². The topological polar surface area (TPSA) is 72.6 Å². The van der Waals surface area contributed by atoms with Crippen molar-refractivity contribution in [3.8, 4) is 5.75 Å². The molecule has 0 aromatic heterocycles. The molecule has 1 aromatic rings. The number of hydrogen-bond acceptors (Lipinski definition) is 3. The van der Waals surface area contributed by atoms with Crippen LogP contribution in [0.4, 0.5) is 18.9 Å². The Bertz CT molecular complexity index is 433. The molecule has 0 radical (unpaired) electrons. The van der Waals surface area contributed by atoms with Crippen molar-refractivity contribution in [3.63, 3.8) is 0 Å². The molecule has 8 heteroatoms. The van der Waals surface area contributed by atoms with Crippen LogP contribution in [-0.4, -0.2) is 17.4 Å². The Morgan fingerprint density at radius 3 is 2.44 bits per heavy atom. The minimum absolute atomic E-state index is 0.218. The van der Waals surface area contributed by atoms with Crippen LogP contribution < -0.4 is 10.5 Å². The summed E-state index contributed by atoms with van der Waals surface area (Å²) in [4.78, 5) is 10.6. The Hall–Kier alpha value is -1.63.